The zero-order chi connectivity index (χ0) is 22.8. The molecule has 5 nitrogen and oxygen atoms in total. The number of aryl methyl sites for hydroxylation is 3. The van der Waals surface area contributed by atoms with Gasteiger partial charge in [0.25, 0.3) is 11.8 Å². The fraction of sp³-hybridized carbons (Fsp3) is 0.185. The lowest BCUT2D eigenvalue weighted by Gasteiger charge is -2.17. The van der Waals surface area contributed by atoms with Crippen molar-refractivity contribution in [3.63, 3.8) is 0 Å². The Morgan fingerprint density at radius 2 is 1.62 bits per heavy atom. The predicted molar refractivity (Wildman–Crippen MR) is 128 cm³/mol. The summed E-state index contributed by atoms with van der Waals surface area (Å²) in [6, 6.07) is 20.6. The molecular formula is C27H26N2O3. The number of nitrogens with zero attached hydrogens (tertiary/aromatic N) is 1. The average Bonchev–Trinajstić information content (AvgIpc) is 3.00. The molecule has 1 heterocycles. The molecule has 1 aliphatic rings. The maximum Gasteiger partial charge on any atom is 0.282 e. The predicted octanol–water partition coefficient (Wildman–Crippen LogP) is 5.41. The van der Waals surface area contributed by atoms with E-state index in [2.05, 4.69) is 5.32 Å². The van der Waals surface area contributed by atoms with E-state index in [1.807, 2.05) is 76.2 Å². The Balaban J connectivity index is 1.85. The van der Waals surface area contributed by atoms with Crippen LogP contribution in [0.5, 0.6) is 5.75 Å². The standard InChI is InChI=1S/C27H26N2O3/c1-5-32-21-11-8-10-20(16-21)29-26(30)24(22-14-13-17(2)15-19(22)4)25(27(29)31)28-23-12-7-6-9-18(23)3/h6-16,28H,5H2,1-4H3. The van der Waals surface area contributed by atoms with E-state index < -0.39 is 0 Å². The summed E-state index contributed by atoms with van der Waals surface area (Å²) < 4.78 is 5.58. The molecule has 0 unspecified atom stereocenters. The number of nitrogens with one attached hydrogen (secondary N) is 1. The number of rotatable bonds is 6. The number of para-hydroxylation sites is 1. The lowest BCUT2D eigenvalue weighted by atomic mass is 9.97. The van der Waals surface area contributed by atoms with Gasteiger partial charge < -0.3 is 10.1 Å². The molecule has 0 atom stereocenters. The average molecular weight is 427 g/mol. The van der Waals surface area contributed by atoms with Crippen molar-refractivity contribution in [3.8, 4) is 5.75 Å². The van der Waals surface area contributed by atoms with Crippen LogP contribution in [0.25, 0.3) is 5.57 Å². The smallest absolute Gasteiger partial charge is 0.282 e. The Morgan fingerprint density at radius 1 is 0.844 bits per heavy atom. The van der Waals surface area contributed by atoms with Gasteiger partial charge in [-0.05, 0) is 62.6 Å². The van der Waals surface area contributed by atoms with Crippen molar-refractivity contribution in [2.45, 2.75) is 27.7 Å². The van der Waals surface area contributed by atoms with Gasteiger partial charge in [0.1, 0.15) is 11.4 Å². The fourth-order valence-corrected chi connectivity index (χ4v) is 3.95. The Hall–Kier alpha value is -3.86. The van der Waals surface area contributed by atoms with Gasteiger partial charge >= 0.3 is 0 Å². The largest absolute Gasteiger partial charge is 0.494 e. The summed E-state index contributed by atoms with van der Waals surface area (Å²) in [5.41, 5.74) is 5.68. The number of amides is 2. The summed E-state index contributed by atoms with van der Waals surface area (Å²) in [6.07, 6.45) is 0. The van der Waals surface area contributed by atoms with Gasteiger partial charge in [-0.15, -0.1) is 0 Å². The number of hydrogen-bond acceptors (Lipinski definition) is 4. The molecule has 0 aromatic heterocycles. The van der Waals surface area contributed by atoms with Crippen LogP contribution >= 0.6 is 0 Å². The van der Waals surface area contributed by atoms with Crippen LogP contribution in [0.3, 0.4) is 0 Å². The van der Waals surface area contributed by atoms with Crippen LogP contribution in [-0.4, -0.2) is 18.4 Å². The summed E-state index contributed by atoms with van der Waals surface area (Å²) in [5.74, 6) is -0.132. The van der Waals surface area contributed by atoms with Crippen molar-refractivity contribution in [2.75, 3.05) is 16.8 Å². The fourth-order valence-electron chi connectivity index (χ4n) is 3.95. The van der Waals surface area contributed by atoms with Crippen molar-refractivity contribution in [2.24, 2.45) is 0 Å². The van der Waals surface area contributed by atoms with Gasteiger partial charge in [-0.1, -0.05) is 48.0 Å². The highest BCUT2D eigenvalue weighted by Crippen LogP contribution is 2.36. The molecule has 0 spiro atoms. The van der Waals surface area contributed by atoms with E-state index in [1.165, 1.54) is 4.90 Å². The maximum atomic E-state index is 13.7. The van der Waals surface area contributed by atoms with Crippen LogP contribution < -0.4 is 15.0 Å². The first-order chi connectivity index (χ1) is 15.4. The van der Waals surface area contributed by atoms with Gasteiger partial charge in [-0.25, -0.2) is 4.90 Å². The van der Waals surface area contributed by atoms with Crippen LogP contribution in [0.2, 0.25) is 0 Å². The molecule has 3 aromatic carbocycles. The second kappa shape index (κ2) is 8.71. The molecule has 32 heavy (non-hydrogen) atoms. The molecule has 162 valence electrons. The van der Waals surface area contributed by atoms with Gasteiger partial charge in [0.15, 0.2) is 0 Å². The highest BCUT2D eigenvalue weighted by molar-refractivity contribution is 6.46. The SMILES string of the molecule is CCOc1cccc(N2C(=O)C(Nc3ccccc3C)=C(c3ccc(C)cc3C)C2=O)c1. The third kappa shape index (κ3) is 3.89. The normalized spacial score (nSPS) is 13.7. The van der Waals surface area contributed by atoms with Crippen LogP contribution in [0, 0.1) is 20.8 Å². The molecule has 0 saturated heterocycles. The molecule has 0 fully saturated rings. The molecule has 0 saturated carbocycles. The third-order valence-electron chi connectivity index (χ3n) is 5.53. The molecule has 0 bridgehead atoms. The monoisotopic (exact) mass is 426 g/mol. The van der Waals surface area contributed by atoms with E-state index >= 15 is 0 Å². The summed E-state index contributed by atoms with van der Waals surface area (Å²) in [5, 5.41) is 3.26. The highest BCUT2D eigenvalue weighted by atomic mass is 16.5. The molecule has 1 N–H and O–H groups in total. The topological polar surface area (TPSA) is 58.6 Å². The highest BCUT2D eigenvalue weighted by Gasteiger charge is 2.41. The number of carbonyl (C=O) groups is 2. The maximum absolute atomic E-state index is 13.7. The van der Waals surface area contributed by atoms with Crippen molar-refractivity contribution < 1.29 is 14.3 Å². The number of anilines is 2. The Bertz CT molecular complexity index is 1240. The summed E-state index contributed by atoms with van der Waals surface area (Å²) in [7, 11) is 0. The van der Waals surface area contributed by atoms with Gasteiger partial charge in [0, 0.05) is 11.8 Å². The van der Waals surface area contributed by atoms with E-state index in [0.717, 1.165) is 27.9 Å². The van der Waals surface area contributed by atoms with Gasteiger partial charge in [0.05, 0.1) is 17.9 Å². The Kier molecular flexibility index (Phi) is 5.82. The molecule has 0 aliphatic carbocycles. The molecule has 3 aromatic rings. The first-order valence-corrected chi connectivity index (χ1v) is 10.7. The number of hydrogen-bond donors (Lipinski definition) is 1. The summed E-state index contributed by atoms with van der Waals surface area (Å²) in [4.78, 5) is 28.5. The first kappa shape index (κ1) is 21.4. The van der Waals surface area contributed by atoms with E-state index in [0.29, 0.717) is 23.6 Å². The van der Waals surface area contributed by atoms with E-state index in [4.69, 9.17) is 4.74 Å². The zero-order valence-corrected chi connectivity index (χ0v) is 18.7. The molecule has 1 aliphatic heterocycles. The Morgan fingerprint density at radius 3 is 2.34 bits per heavy atom. The Labute approximate surface area is 188 Å². The van der Waals surface area contributed by atoms with Gasteiger partial charge in [0.2, 0.25) is 0 Å². The second-order valence-corrected chi connectivity index (χ2v) is 7.88. The molecule has 0 radical (unpaired) electrons. The molecule has 5 heteroatoms. The van der Waals surface area contributed by atoms with E-state index in [1.54, 1.807) is 18.2 Å². The van der Waals surface area contributed by atoms with Crippen molar-refractivity contribution >= 4 is 28.8 Å². The van der Waals surface area contributed by atoms with Crippen molar-refractivity contribution in [1.29, 1.82) is 0 Å². The molecule has 4 rings (SSSR count). The lowest BCUT2D eigenvalue weighted by molar-refractivity contribution is -0.120. The quantitative estimate of drug-likeness (QED) is 0.536. The zero-order valence-electron chi connectivity index (χ0n) is 18.7. The van der Waals surface area contributed by atoms with Crippen LogP contribution in [0.15, 0.2) is 72.4 Å². The summed E-state index contributed by atoms with van der Waals surface area (Å²) >= 11 is 0. The van der Waals surface area contributed by atoms with E-state index in [9.17, 15) is 9.59 Å². The van der Waals surface area contributed by atoms with Crippen LogP contribution in [-0.2, 0) is 9.59 Å². The van der Waals surface area contributed by atoms with Gasteiger partial charge in [-0.2, -0.15) is 0 Å². The molecular weight excluding hydrogens is 400 g/mol. The third-order valence-corrected chi connectivity index (χ3v) is 5.53. The second-order valence-electron chi connectivity index (χ2n) is 7.88. The minimum absolute atomic E-state index is 0.276. The molecule has 2 amide bonds. The van der Waals surface area contributed by atoms with Crippen molar-refractivity contribution in [3.05, 3.63) is 94.7 Å². The number of carbonyl (C=O) groups excluding carboxylic acids is 2. The van der Waals surface area contributed by atoms with Gasteiger partial charge in [-0.3, -0.25) is 9.59 Å². The minimum atomic E-state index is -0.387. The van der Waals surface area contributed by atoms with Crippen LogP contribution in [0.4, 0.5) is 11.4 Å². The minimum Gasteiger partial charge on any atom is -0.494 e. The number of imide groups is 1. The van der Waals surface area contributed by atoms with Crippen LogP contribution in [0.1, 0.15) is 29.2 Å². The number of ether oxygens (including phenoxy) is 1. The van der Waals surface area contributed by atoms with Crippen molar-refractivity contribution in [1.82, 2.24) is 0 Å². The van der Waals surface area contributed by atoms with E-state index in [-0.39, 0.29) is 17.5 Å². The number of benzene rings is 3. The summed E-state index contributed by atoms with van der Waals surface area (Å²) in [6.45, 7) is 8.31. The lowest BCUT2D eigenvalue weighted by Crippen LogP contribution is -2.32. The first-order valence-electron chi connectivity index (χ1n) is 10.7.